The first-order valence-electron chi connectivity index (χ1n) is 7.47. The van der Waals surface area contributed by atoms with Crippen LogP contribution in [0.3, 0.4) is 0 Å². The largest absolute Gasteiger partial charge is 0.495 e. The molecule has 0 bridgehead atoms. The number of nitrogens with zero attached hydrogens (tertiary/aromatic N) is 3. The molecule has 0 aliphatic carbocycles. The first kappa shape index (κ1) is 14.9. The molecule has 0 aliphatic heterocycles. The van der Waals surface area contributed by atoms with Crippen molar-refractivity contribution in [1.29, 1.82) is 0 Å². The number of benzene rings is 1. The zero-order valence-electron chi connectivity index (χ0n) is 13.2. The number of hydrogen-bond acceptors (Lipinski definition) is 5. The molecule has 8 heteroatoms. The van der Waals surface area contributed by atoms with Crippen LogP contribution in [0.15, 0.2) is 58.4 Å². The minimum Gasteiger partial charge on any atom is -0.495 e. The first-order chi connectivity index (χ1) is 12.2. The van der Waals surface area contributed by atoms with Crippen LogP contribution in [0, 0.1) is 0 Å². The van der Waals surface area contributed by atoms with Crippen molar-refractivity contribution < 1.29 is 4.74 Å². The fourth-order valence-electron chi connectivity index (χ4n) is 2.66. The number of nitrogens with one attached hydrogen (secondary N) is 2. The number of para-hydroxylation sites is 2. The summed E-state index contributed by atoms with van der Waals surface area (Å²) in [7, 11) is 1.54. The highest BCUT2D eigenvalue weighted by atomic mass is 16.5. The Kier molecular flexibility index (Phi) is 3.42. The Morgan fingerprint density at radius 1 is 1.16 bits per heavy atom. The molecule has 4 aromatic rings. The number of ether oxygens (including phenoxy) is 1. The van der Waals surface area contributed by atoms with Gasteiger partial charge in [-0.1, -0.05) is 12.1 Å². The Morgan fingerprint density at radius 2 is 2.00 bits per heavy atom. The molecule has 0 spiro atoms. The van der Waals surface area contributed by atoms with E-state index in [1.54, 1.807) is 18.2 Å². The topological polar surface area (TPSA) is 106 Å². The summed E-state index contributed by atoms with van der Waals surface area (Å²) in [6.45, 7) is 0. The van der Waals surface area contributed by atoms with Gasteiger partial charge >= 0.3 is 5.69 Å². The molecular formula is C17H13N5O3. The number of imidazole rings is 1. The average molecular weight is 335 g/mol. The van der Waals surface area contributed by atoms with Crippen LogP contribution >= 0.6 is 0 Å². The summed E-state index contributed by atoms with van der Waals surface area (Å²) in [6.07, 6.45) is 3.04. The van der Waals surface area contributed by atoms with Gasteiger partial charge in [-0.2, -0.15) is 0 Å². The fourth-order valence-corrected chi connectivity index (χ4v) is 2.66. The van der Waals surface area contributed by atoms with E-state index in [-0.39, 0.29) is 11.2 Å². The number of H-pyrrole nitrogens is 2. The SMILES string of the molecule is COc1ccccc1-n1c(=O)[nH]c2cnc(-c3cc[nH]c(=O)c3)nc21. The molecule has 0 fully saturated rings. The van der Waals surface area contributed by atoms with E-state index in [9.17, 15) is 9.59 Å². The van der Waals surface area contributed by atoms with Gasteiger partial charge in [0, 0.05) is 17.8 Å². The second-order valence-corrected chi connectivity index (χ2v) is 5.31. The predicted molar refractivity (Wildman–Crippen MR) is 92.1 cm³/mol. The summed E-state index contributed by atoms with van der Waals surface area (Å²) in [5.74, 6) is 0.892. The molecular weight excluding hydrogens is 322 g/mol. The van der Waals surface area contributed by atoms with E-state index in [0.717, 1.165) is 0 Å². The molecule has 2 N–H and O–H groups in total. The van der Waals surface area contributed by atoms with E-state index in [2.05, 4.69) is 19.9 Å². The second-order valence-electron chi connectivity index (χ2n) is 5.31. The molecule has 4 rings (SSSR count). The first-order valence-corrected chi connectivity index (χ1v) is 7.47. The number of aromatic amines is 2. The van der Waals surface area contributed by atoms with Crippen molar-refractivity contribution in [1.82, 2.24) is 24.5 Å². The van der Waals surface area contributed by atoms with Crippen molar-refractivity contribution in [2.45, 2.75) is 0 Å². The minimum atomic E-state index is -0.350. The van der Waals surface area contributed by atoms with Crippen molar-refractivity contribution in [2.75, 3.05) is 7.11 Å². The lowest BCUT2D eigenvalue weighted by Crippen LogP contribution is -2.15. The number of fused-ring (bicyclic) bond motifs is 1. The Morgan fingerprint density at radius 3 is 2.80 bits per heavy atom. The van der Waals surface area contributed by atoms with E-state index in [4.69, 9.17) is 4.74 Å². The molecule has 3 aromatic heterocycles. The summed E-state index contributed by atoms with van der Waals surface area (Å²) in [5, 5.41) is 0. The van der Waals surface area contributed by atoms with Crippen LogP contribution in [-0.4, -0.2) is 31.6 Å². The molecule has 124 valence electrons. The van der Waals surface area contributed by atoms with Crippen LogP contribution in [0.1, 0.15) is 0 Å². The Labute approximate surface area is 140 Å². The third-order valence-corrected chi connectivity index (χ3v) is 3.78. The number of hydrogen-bond donors (Lipinski definition) is 2. The van der Waals surface area contributed by atoms with Crippen LogP contribution in [0.4, 0.5) is 0 Å². The molecule has 0 saturated carbocycles. The van der Waals surface area contributed by atoms with Crippen LogP contribution in [0.2, 0.25) is 0 Å². The lowest BCUT2D eigenvalue weighted by molar-refractivity contribution is 0.413. The molecule has 3 heterocycles. The van der Waals surface area contributed by atoms with Crippen LogP contribution in [0.25, 0.3) is 28.2 Å². The zero-order chi connectivity index (χ0) is 17.4. The van der Waals surface area contributed by atoms with Gasteiger partial charge in [-0.25, -0.2) is 19.3 Å². The lowest BCUT2D eigenvalue weighted by atomic mass is 10.2. The van der Waals surface area contributed by atoms with Crippen molar-refractivity contribution in [3.05, 3.63) is 69.6 Å². The van der Waals surface area contributed by atoms with Gasteiger partial charge in [-0.05, 0) is 18.2 Å². The average Bonchev–Trinajstić information content (AvgIpc) is 2.96. The zero-order valence-corrected chi connectivity index (χ0v) is 13.2. The van der Waals surface area contributed by atoms with E-state index in [1.807, 2.05) is 12.1 Å². The quantitative estimate of drug-likeness (QED) is 0.590. The smallest absolute Gasteiger partial charge is 0.332 e. The van der Waals surface area contributed by atoms with Gasteiger partial charge in [-0.3, -0.25) is 4.79 Å². The molecule has 0 unspecified atom stereocenters. The van der Waals surface area contributed by atoms with Crippen molar-refractivity contribution >= 4 is 11.2 Å². The van der Waals surface area contributed by atoms with Crippen LogP contribution in [0.5, 0.6) is 5.75 Å². The van der Waals surface area contributed by atoms with Gasteiger partial charge in [0.1, 0.15) is 11.3 Å². The summed E-state index contributed by atoms with van der Waals surface area (Å²) >= 11 is 0. The van der Waals surface area contributed by atoms with Gasteiger partial charge < -0.3 is 14.7 Å². The summed E-state index contributed by atoms with van der Waals surface area (Å²) in [5.41, 5.74) is 1.42. The molecule has 25 heavy (non-hydrogen) atoms. The maximum absolute atomic E-state index is 12.4. The van der Waals surface area contributed by atoms with E-state index in [0.29, 0.717) is 34.0 Å². The van der Waals surface area contributed by atoms with Gasteiger partial charge in [0.25, 0.3) is 0 Å². The van der Waals surface area contributed by atoms with Crippen molar-refractivity contribution in [3.8, 4) is 22.8 Å². The molecule has 0 amide bonds. The number of methoxy groups -OCH3 is 1. The predicted octanol–water partition coefficient (Wildman–Crippen LogP) is 1.47. The van der Waals surface area contributed by atoms with Gasteiger partial charge in [0.2, 0.25) is 5.56 Å². The highest BCUT2D eigenvalue weighted by Crippen LogP contribution is 2.24. The standard InChI is InChI=1S/C17H13N5O3/c1-25-13-5-3-2-4-12(13)22-16-11(20-17(22)24)9-19-15(21-16)10-6-7-18-14(23)8-10/h2-9H,1H3,(H,18,23)(H,20,24). The maximum atomic E-state index is 12.4. The van der Waals surface area contributed by atoms with Gasteiger partial charge in [-0.15, -0.1) is 0 Å². The van der Waals surface area contributed by atoms with E-state index >= 15 is 0 Å². The Bertz CT molecular complexity index is 1190. The molecule has 0 radical (unpaired) electrons. The molecule has 0 atom stereocenters. The number of aromatic nitrogens is 5. The van der Waals surface area contributed by atoms with E-state index in [1.165, 1.54) is 30.1 Å². The normalized spacial score (nSPS) is 10.9. The van der Waals surface area contributed by atoms with Crippen LogP contribution < -0.4 is 16.0 Å². The summed E-state index contributed by atoms with van der Waals surface area (Å²) < 4.78 is 6.76. The number of pyridine rings is 1. The van der Waals surface area contributed by atoms with Crippen molar-refractivity contribution in [3.63, 3.8) is 0 Å². The third kappa shape index (κ3) is 2.49. The summed E-state index contributed by atoms with van der Waals surface area (Å²) in [4.78, 5) is 37.9. The second kappa shape index (κ2) is 5.75. The van der Waals surface area contributed by atoms with E-state index < -0.39 is 0 Å². The number of rotatable bonds is 3. The Balaban J connectivity index is 1.99. The van der Waals surface area contributed by atoms with Gasteiger partial charge in [0.15, 0.2) is 11.5 Å². The molecule has 8 nitrogen and oxygen atoms in total. The monoisotopic (exact) mass is 335 g/mol. The maximum Gasteiger partial charge on any atom is 0.332 e. The van der Waals surface area contributed by atoms with Crippen molar-refractivity contribution in [2.24, 2.45) is 0 Å². The minimum absolute atomic E-state index is 0.252. The highest BCUT2D eigenvalue weighted by Gasteiger charge is 2.15. The highest BCUT2D eigenvalue weighted by molar-refractivity contribution is 5.75. The van der Waals surface area contributed by atoms with Crippen LogP contribution in [-0.2, 0) is 0 Å². The van der Waals surface area contributed by atoms with Gasteiger partial charge in [0.05, 0.1) is 19.0 Å². The third-order valence-electron chi connectivity index (χ3n) is 3.78. The Hall–Kier alpha value is -3.68. The summed E-state index contributed by atoms with van der Waals surface area (Å²) in [6, 6.07) is 10.3. The lowest BCUT2D eigenvalue weighted by Gasteiger charge is -2.08. The molecule has 0 saturated heterocycles. The molecule has 0 aliphatic rings. The fraction of sp³-hybridized carbons (Fsp3) is 0.0588. The molecule has 1 aromatic carbocycles.